The molecule has 4 rings (SSSR count). The van der Waals surface area contributed by atoms with Gasteiger partial charge in [-0.1, -0.05) is 6.07 Å². The van der Waals surface area contributed by atoms with Crippen LogP contribution in [0.3, 0.4) is 0 Å². The van der Waals surface area contributed by atoms with Gasteiger partial charge in [0, 0.05) is 17.6 Å². The number of aromatic nitrogens is 1. The van der Waals surface area contributed by atoms with Crippen molar-refractivity contribution in [3.63, 3.8) is 0 Å². The van der Waals surface area contributed by atoms with E-state index in [9.17, 15) is 5.26 Å². The summed E-state index contributed by atoms with van der Waals surface area (Å²) in [5.74, 6) is 0. The van der Waals surface area contributed by atoms with Gasteiger partial charge >= 0.3 is 0 Å². The molecule has 1 aliphatic carbocycles. The van der Waals surface area contributed by atoms with Crippen molar-refractivity contribution in [1.29, 1.82) is 5.26 Å². The summed E-state index contributed by atoms with van der Waals surface area (Å²) in [6, 6.07) is 7.14. The van der Waals surface area contributed by atoms with Crippen molar-refractivity contribution < 1.29 is 0 Å². The summed E-state index contributed by atoms with van der Waals surface area (Å²) < 4.78 is 2.47. The van der Waals surface area contributed by atoms with Crippen LogP contribution in [0.25, 0.3) is 10.9 Å². The van der Waals surface area contributed by atoms with Gasteiger partial charge in [-0.05, 0) is 62.3 Å². The predicted octanol–water partition coefficient (Wildman–Crippen LogP) is 3.76. The number of hydrogen-bond donors (Lipinski definition) is 0. The third kappa shape index (κ3) is 1.31. The summed E-state index contributed by atoms with van der Waals surface area (Å²) in [6.07, 6.45) is 4.45. The van der Waals surface area contributed by atoms with E-state index in [0.29, 0.717) is 0 Å². The van der Waals surface area contributed by atoms with Crippen LogP contribution < -0.4 is 0 Å². The monoisotopic (exact) mass is 250 g/mol. The second-order valence-electron chi connectivity index (χ2n) is 6.19. The Morgan fingerprint density at radius 2 is 2.05 bits per heavy atom. The summed E-state index contributed by atoms with van der Waals surface area (Å²) in [6.45, 7) is 5.59. The van der Waals surface area contributed by atoms with E-state index < -0.39 is 0 Å². The zero-order valence-corrected chi connectivity index (χ0v) is 11.6. The van der Waals surface area contributed by atoms with Gasteiger partial charge in [0.1, 0.15) is 0 Å². The molecule has 0 amide bonds. The molecular weight excluding hydrogens is 232 g/mol. The fourth-order valence-corrected chi connectivity index (χ4v) is 3.63. The Labute approximate surface area is 113 Å². The van der Waals surface area contributed by atoms with E-state index >= 15 is 0 Å². The normalized spacial score (nSPS) is 19.4. The largest absolute Gasteiger partial charge is 0.344 e. The molecule has 1 aliphatic heterocycles. The number of aryl methyl sites for hydroxylation is 3. The van der Waals surface area contributed by atoms with Crippen molar-refractivity contribution in [1.82, 2.24) is 4.57 Å². The molecule has 0 atom stereocenters. The van der Waals surface area contributed by atoms with Crippen molar-refractivity contribution in [2.75, 3.05) is 0 Å². The van der Waals surface area contributed by atoms with Crippen LogP contribution in [-0.2, 0) is 18.4 Å². The summed E-state index contributed by atoms with van der Waals surface area (Å²) in [7, 11) is 0. The van der Waals surface area contributed by atoms with Crippen LogP contribution in [0.1, 0.15) is 41.6 Å². The van der Waals surface area contributed by atoms with E-state index in [1.165, 1.54) is 39.7 Å². The average Bonchev–Trinajstić information content (AvgIpc) is 3.20. The van der Waals surface area contributed by atoms with Crippen molar-refractivity contribution in [2.45, 2.75) is 51.5 Å². The highest BCUT2D eigenvalue weighted by molar-refractivity contribution is 5.89. The molecule has 96 valence electrons. The lowest BCUT2D eigenvalue weighted by Crippen LogP contribution is -2.10. The lowest BCUT2D eigenvalue weighted by atomic mass is 9.91. The zero-order chi connectivity index (χ0) is 13.2. The molecule has 0 N–H and O–H groups in total. The van der Waals surface area contributed by atoms with Gasteiger partial charge in [-0.3, -0.25) is 0 Å². The molecule has 0 saturated heterocycles. The molecule has 0 spiro atoms. The highest BCUT2D eigenvalue weighted by atomic mass is 15.0. The van der Waals surface area contributed by atoms with E-state index in [-0.39, 0.29) is 5.41 Å². The van der Waals surface area contributed by atoms with Crippen molar-refractivity contribution in [3.05, 3.63) is 34.5 Å². The number of rotatable bonds is 1. The first-order valence-corrected chi connectivity index (χ1v) is 7.20. The van der Waals surface area contributed by atoms with E-state index in [4.69, 9.17) is 0 Å². The van der Waals surface area contributed by atoms with E-state index in [1.54, 1.807) is 0 Å². The molecule has 1 fully saturated rings. The number of nitrogens with zero attached hydrogens (tertiary/aromatic N) is 2. The maximum atomic E-state index is 9.43. The molecule has 0 bridgehead atoms. The quantitative estimate of drug-likeness (QED) is 0.757. The molecule has 2 aliphatic rings. The molecule has 2 heterocycles. The van der Waals surface area contributed by atoms with Gasteiger partial charge in [0.15, 0.2) is 0 Å². The molecule has 19 heavy (non-hydrogen) atoms. The van der Waals surface area contributed by atoms with Crippen LogP contribution in [0.2, 0.25) is 0 Å². The highest BCUT2D eigenvalue weighted by Crippen LogP contribution is 2.49. The Bertz CT molecular complexity index is 739. The molecule has 1 saturated carbocycles. The van der Waals surface area contributed by atoms with Gasteiger partial charge in [0.2, 0.25) is 0 Å². The number of nitriles is 1. The van der Waals surface area contributed by atoms with Crippen LogP contribution in [0.4, 0.5) is 0 Å². The summed E-state index contributed by atoms with van der Waals surface area (Å²) in [4.78, 5) is 0. The summed E-state index contributed by atoms with van der Waals surface area (Å²) in [5.41, 5.74) is 6.78. The minimum absolute atomic E-state index is 0.162. The summed E-state index contributed by atoms with van der Waals surface area (Å²) in [5, 5.41) is 10.8. The number of benzene rings is 1. The van der Waals surface area contributed by atoms with Gasteiger partial charge < -0.3 is 4.57 Å². The van der Waals surface area contributed by atoms with Crippen LogP contribution in [0.5, 0.6) is 0 Å². The minimum atomic E-state index is -0.162. The lowest BCUT2D eigenvalue weighted by Gasteiger charge is -2.19. The van der Waals surface area contributed by atoms with Crippen LogP contribution in [-0.4, -0.2) is 4.57 Å². The first-order chi connectivity index (χ1) is 9.16. The maximum absolute atomic E-state index is 9.43. The third-order valence-corrected chi connectivity index (χ3v) is 5.15. The van der Waals surface area contributed by atoms with E-state index in [2.05, 4.69) is 36.6 Å². The molecule has 2 heteroatoms. The zero-order valence-electron chi connectivity index (χ0n) is 11.6. The molecule has 1 aromatic heterocycles. The highest BCUT2D eigenvalue weighted by Gasteiger charge is 2.45. The third-order valence-electron chi connectivity index (χ3n) is 5.15. The van der Waals surface area contributed by atoms with Crippen molar-refractivity contribution in [2.24, 2.45) is 0 Å². The smallest absolute Gasteiger partial charge is 0.0824 e. The van der Waals surface area contributed by atoms with Gasteiger partial charge in [0.05, 0.1) is 17.0 Å². The molecule has 0 radical (unpaired) electrons. The fourth-order valence-electron chi connectivity index (χ4n) is 3.63. The van der Waals surface area contributed by atoms with E-state index in [1.807, 2.05) is 0 Å². The lowest BCUT2D eigenvalue weighted by molar-refractivity contribution is 0.621. The van der Waals surface area contributed by atoms with Crippen LogP contribution in [0.15, 0.2) is 12.1 Å². The van der Waals surface area contributed by atoms with Crippen molar-refractivity contribution >= 4 is 10.9 Å². The molecule has 0 unspecified atom stereocenters. The van der Waals surface area contributed by atoms with Gasteiger partial charge in [0.25, 0.3) is 0 Å². The molecular formula is C17H18N2. The topological polar surface area (TPSA) is 28.7 Å². The first kappa shape index (κ1) is 11.1. The number of hydrogen-bond acceptors (Lipinski definition) is 1. The Morgan fingerprint density at radius 1 is 1.26 bits per heavy atom. The second-order valence-corrected chi connectivity index (χ2v) is 6.19. The van der Waals surface area contributed by atoms with Crippen LogP contribution >= 0.6 is 0 Å². The SMILES string of the molecule is Cc1c(C)n2c3c(cc(C4(C#N)CC4)cc13)CCC2. The molecule has 1 aromatic carbocycles. The Kier molecular flexibility index (Phi) is 2.00. The van der Waals surface area contributed by atoms with E-state index in [0.717, 1.165) is 25.8 Å². The Hall–Kier alpha value is -1.75. The fraction of sp³-hybridized carbons (Fsp3) is 0.471. The van der Waals surface area contributed by atoms with Crippen molar-refractivity contribution in [3.8, 4) is 6.07 Å². The second kappa shape index (κ2) is 3.42. The van der Waals surface area contributed by atoms with Crippen LogP contribution in [0, 0.1) is 25.2 Å². The minimum Gasteiger partial charge on any atom is -0.344 e. The first-order valence-electron chi connectivity index (χ1n) is 7.20. The predicted molar refractivity (Wildman–Crippen MR) is 76.3 cm³/mol. The maximum Gasteiger partial charge on any atom is 0.0824 e. The standard InChI is InChI=1S/C17H18N2/c1-11-12(2)19-7-3-4-13-8-14(9-15(11)16(13)19)17(10-18)5-6-17/h8-9H,3-7H2,1-2H3. The molecule has 2 nitrogen and oxygen atoms in total. The summed E-state index contributed by atoms with van der Waals surface area (Å²) >= 11 is 0. The van der Waals surface area contributed by atoms with Gasteiger partial charge in [-0.15, -0.1) is 0 Å². The average molecular weight is 250 g/mol. The van der Waals surface area contributed by atoms with Gasteiger partial charge in [-0.2, -0.15) is 5.26 Å². The Balaban J connectivity index is 2.07. The van der Waals surface area contributed by atoms with Gasteiger partial charge in [-0.25, -0.2) is 0 Å². The molecule has 2 aromatic rings. The Morgan fingerprint density at radius 3 is 2.74 bits per heavy atom.